The first kappa shape index (κ1) is 16.7. The molecular formula is C15H15F3N4O. The van der Waals surface area contributed by atoms with Crippen molar-refractivity contribution < 1.29 is 18.0 Å². The van der Waals surface area contributed by atoms with Crippen LogP contribution in [0.5, 0.6) is 0 Å². The Balaban J connectivity index is 2.10. The number of carbonyl (C=O) groups is 1. The maximum Gasteiger partial charge on any atom is 0.416 e. The summed E-state index contributed by atoms with van der Waals surface area (Å²) in [5.74, 6) is -0.196. The summed E-state index contributed by atoms with van der Waals surface area (Å²) < 4.78 is 37.5. The number of nitrogens with zero attached hydrogens (tertiary/aromatic N) is 2. The van der Waals surface area contributed by atoms with Crippen molar-refractivity contribution in [3.05, 3.63) is 47.8 Å². The van der Waals surface area contributed by atoms with E-state index < -0.39 is 11.7 Å². The Labute approximate surface area is 131 Å². The number of amides is 1. The molecule has 0 aliphatic carbocycles. The van der Waals surface area contributed by atoms with Gasteiger partial charge in [0.05, 0.1) is 5.56 Å². The summed E-state index contributed by atoms with van der Waals surface area (Å²) in [6.07, 6.45) is -2.18. The minimum Gasteiger partial charge on any atom is -0.351 e. The van der Waals surface area contributed by atoms with Crippen LogP contribution in [0.2, 0.25) is 0 Å². The van der Waals surface area contributed by atoms with Crippen LogP contribution in [-0.4, -0.2) is 22.4 Å². The predicted octanol–water partition coefficient (Wildman–Crippen LogP) is 3.38. The molecule has 0 bridgehead atoms. The highest BCUT2D eigenvalue weighted by molar-refractivity contribution is 5.92. The summed E-state index contributed by atoms with van der Waals surface area (Å²) in [6, 6.07) is 5.93. The van der Waals surface area contributed by atoms with Crippen LogP contribution >= 0.6 is 0 Å². The zero-order valence-corrected chi connectivity index (χ0v) is 12.3. The molecule has 0 radical (unpaired) electrons. The van der Waals surface area contributed by atoms with Crippen LogP contribution in [0.3, 0.4) is 0 Å². The van der Waals surface area contributed by atoms with Gasteiger partial charge in [0.25, 0.3) is 5.91 Å². The average Bonchev–Trinajstić information content (AvgIpc) is 2.52. The zero-order valence-electron chi connectivity index (χ0n) is 12.3. The van der Waals surface area contributed by atoms with E-state index in [1.165, 1.54) is 24.4 Å². The number of carbonyl (C=O) groups excluding carboxylic acids is 1. The van der Waals surface area contributed by atoms with Crippen LogP contribution < -0.4 is 10.6 Å². The van der Waals surface area contributed by atoms with Gasteiger partial charge in [-0.05, 0) is 36.8 Å². The Hall–Kier alpha value is -2.64. The molecule has 2 rings (SSSR count). The number of rotatable bonds is 5. The number of benzene rings is 1. The summed E-state index contributed by atoms with van der Waals surface area (Å²) in [5.41, 5.74) is -0.163. The first-order valence-corrected chi connectivity index (χ1v) is 6.95. The predicted molar refractivity (Wildman–Crippen MR) is 79.4 cm³/mol. The minimum atomic E-state index is -4.38. The Bertz CT molecular complexity index is 671. The van der Waals surface area contributed by atoms with Gasteiger partial charge in [0, 0.05) is 18.4 Å². The first-order chi connectivity index (χ1) is 10.9. The first-order valence-electron chi connectivity index (χ1n) is 6.95. The van der Waals surface area contributed by atoms with Gasteiger partial charge in [0.1, 0.15) is 5.69 Å². The second-order valence-corrected chi connectivity index (χ2v) is 4.72. The van der Waals surface area contributed by atoms with E-state index in [2.05, 4.69) is 20.6 Å². The highest BCUT2D eigenvalue weighted by atomic mass is 19.4. The molecule has 0 atom stereocenters. The lowest BCUT2D eigenvalue weighted by atomic mass is 10.2. The Morgan fingerprint density at radius 1 is 1.17 bits per heavy atom. The SMILES string of the molecule is CCCNC(=O)c1ccnc(Nc2ccc(C(F)(F)F)cc2)n1. The maximum atomic E-state index is 12.5. The van der Waals surface area contributed by atoms with E-state index in [9.17, 15) is 18.0 Å². The molecule has 2 aromatic rings. The summed E-state index contributed by atoms with van der Waals surface area (Å²) in [6.45, 7) is 2.46. The fourth-order valence-corrected chi connectivity index (χ4v) is 1.75. The van der Waals surface area contributed by atoms with E-state index in [1.807, 2.05) is 6.92 Å². The molecule has 0 spiro atoms. The Morgan fingerprint density at radius 3 is 2.48 bits per heavy atom. The molecule has 0 aliphatic heterocycles. The van der Waals surface area contributed by atoms with Crippen LogP contribution in [0.15, 0.2) is 36.5 Å². The fourth-order valence-electron chi connectivity index (χ4n) is 1.75. The standard InChI is InChI=1S/C15H15F3N4O/c1-2-8-19-13(23)12-7-9-20-14(22-12)21-11-5-3-10(4-6-11)15(16,17)18/h3-7,9H,2,8H2,1H3,(H,19,23)(H,20,21,22). The van der Waals surface area contributed by atoms with Crippen molar-refractivity contribution in [3.63, 3.8) is 0 Å². The van der Waals surface area contributed by atoms with Crippen LogP contribution in [0.4, 0.5) is 24.8 Å². The van der Waals surface area contributed by atoms with Crippen molar-refractivity contribution in [2.75, 3.05) is 11.9 Å². The Kier molecular flexibility index (Phi) is 5.15. The molecule has 0 aliphatic rings. The van der Waals surface area contributed by atoms with Gasteiger partial charge in [-0.15, -0.1) is 0 Å². The number of nitrogens with one attached hydrogen (secondary N) is 2. The summed E-state index contributed by atoms with van der Waals surface area (Å²) in [7, 11) is 0. The van der Waals surface area contributed by atoms with Gasteiger partial charge in [-0.2, -0.15) is 13.2 Å². The molecule has 1 aromatic carbocycles. The summed E-state index contributed by atoms with van der Waals surface area (Å²) >= 11 is 0. The van der Waals surface area contributed by atoms with Crippen molar-refractivity contribution in [3.8, 4) is 0 Å². The highest BCUT2D eigenvalue weighted by Gasteiger charge is 2.29. The van der Waals surface area contributed by atoms with Gasteiger partial charge in [-0.1, -0.05) is 6.92 Å². The van der Waals surface area contributed by atoms with Gasteiger partial charge < -0.3 is 10.6 Å². The third kappa shape index (κ3) is 4.67. The molecule has 122 valence electrons. The summed E-state index contributed by atoms with van der Waals surface area (Å²) in [4.78, 5) is 19.8. The van der Waals surface area contributed by atoms with Crippen LogP contribution in [-0.2, 0) is 6.18 Å². The fraction of sp³-hybridized carbons (Fsp3) is 0.267. The lowest BCUT2D eigenvalue weighted by Gasteiger charge is -2.09. The van der Waals surface area contributed by atoms with E-state index in [1.54, 1.807) is 0 Å². The number of halogens is 3. The van der Waals surface area contributed by atoms with Crippen LogP contribution in [0, 0.1) is 0 Å². The molecule has 1 heterocycles. The third-order valence-corrected chi connectivity index (χ3v) is 2.89. The number of anilines is 2. The molecule has 0 unspecified atom stereocenters. The van der Waals surface area contributed by atoms with Crippen molar-refractivity contribution in [1.82, 2.24) is 15.3 Å². The topological polar surface area (TPSA) is 66.9 Å². The van der Waals surface area contributed by atoms with E-state index in [4.69, 9.17) is 0 Å². The van der Waals surface area contributed by atoms with Crippen molar-refractivity contribution in [1.29, 1.82) is 0 Å². The van der Waals surface area contributed by atoms with Crippen molar-refractivity contribution >= 4 is 17.5 Å². The van der Waals surface area contributed by atoms with Gasteiger partial charge >= 0.3 is 6.18 Å². The van der Waals surface area contributed by atoms with Gasteiger partial charge in [0.2, 0.25) is 5.95 Å². The zero-order chi connectivity index (χ0) is 16.9. The molecule has 0 fully saturated rings. The van der Waals surface area contributed by atoms with Gasteiger partial charge in [-0.3, -0.25) is 4.79 Å². The largest absolute Gasteiger partial charge is 0.416 e. The molecule has 8 heteroatoms. The number of aromatic nitrogens is 2. The molecule has 1 aromatic heterocycles. The monoisotopic (exact) mass is 324 g/mol. The minimum absolute atomic E-state index is 0.133. The van der Waals surface area contributed by atoms with E-state index in [0.29, 0.717) is 12.2 Å². The number of alkyl halides is 3. The van der Waals surface area contributed by atoms with Gasteiger partial charge in [0.15, 0.2) is 0 Å². The highest BCUT2D eigenvalue weighted by Crippen LogP contribution is 2.30. The van der Waals surface area contributed by atoms with E-state index >= 15 is 0 Å². The molecule has 2 N–H and O–H groups in total. The molecule has 5 nitrogen and oxygen atoms in total. The number of hydrogen-bond donors (Lipinski definition) is 2. The maximum absolute atomic E-state index is 12.5. The smallest absolute Gasteiger partial charge is 0.351 e. The van der Waals surface area contributed by atoms with Gasteiger partial charge in [-0.25, -0.2) is 9.97 Å². The number of hydrogen-bond acceptors (Lipinski definition) is 4. The lowest BCUT2D eigenvalue weighted by molar-refractivity contribution is -0.137. The quantitative estimate of drug-likeness (QED) is 0.885. The summed E-state index contributed by atoms with van der Waals surface area (Å²) in [5, 5.41) is 5.45. The Morgan fingerprint density at radius 2 is 1.87 bits per heavy atom. The van der Waals surface area contributed by atoms with Crippen LogP contribution in [0.1, 0.15) is 29.4 Å². The van der Waals surface area contributed by atoms with Crippen molar-refractivity contribution in [2.45, 2.75) is 19.5 Å². The second kappa shape index (κ2) is 7.08. The average molecular weight is 324 g/mol. The van der Waals surface area contributed by atoms with E-state index in [0.717, 1.165) is 18.6 Å². The molecule has 0 saturated heterocycles. The molecular weight excluding hydrogens is 309 g/mol. The lowest BCUT2D eigenvalue weighted by Crippen LogP contribution is -2.25. The molecule has 23 heavy (non-hydrogen) atoms. The normalized spacial score (nSPS) is 11.1. The second-order valence-electron chi connectivity index (χ2n) is 4.72. The van der Waals surface area contributed by atoms with Crippen LogP contribution in [0.25, 0.3) is 0 Å². The van der Waals surface area contributed by atoms with Crippen molar-refractivity contribution in [2.24, 2.45) is 0 Å². The van der Waals surface area contributed by atoms with E-state index in [-0.39, 0.29) is 17.5 Å². The third-order valence-electron chi connectivity index (χ3n) is 2.89. The molecule has 0 saturated carbocycles. The molecule has 1 amide bonds.